The first-order chi connectivity index (χ1) is 7.37. The standard InChI is InChI=1S/C10H10ClNO3S/c1-12-9-4-7(6-16(11,14)15)2-3-8(9)5-10(12)13/h2-4H,5-6H2,1H3. The highest BCUT2D eigenvalue weighted by atomic mass is 35.7. The lowest BCUT2D eigenvalue weighted by Gasteiger charge is -2.10. The summed E-state index contributed by atoms with van der Waals surface area (Å²) in [5, 5.41) is 0. The van der Waals surface area contributed by atoms with Crippen molar-refractivity contribution in [2.75, 3.05) is 11.9 Å². The third-order valence-corrected chi connectivity index (χ3v) is 3.57. The molecule has 0 N–H and O–H groups in total. The molecule has 1 aliphatic rings. The van der Waals surface area contributed by atoms with E-state index in [0.29, 0.717) is 12.0 Å². The lowest BCUT2D eigenvalue weighted by molar-refractivity contribution is -0.117. The number of halogens is 1. The summed E-state index contributed by atoms with van der Waals surface area (Å²) in [6.07, 6.45) is 0.375. The highest BCUT2D eigenvalue weighted by molar-refractivity contribution is 8.13. The van der Waals surface area contributed by atoms with Gasteiger partial charge in [-0.2, -0.15) is 0 Å². The van der Waals surface area contributed by atoms with Crippen LogP contribution in [-0.4, -0.2) is 21.4 Å². The van der Waals surface area contributed by atoms with Gasteiger partial charge in [-0.15, -0.1) is 0 Å². The summed E-state index contributed by atoms with van der Waals surface area (Å²) in [5.41, 5.74) is 2.28. The van der Waals surface area contributed by atoms with Crippen LogP contribution in [0.4, 0.5) is 5.69 Å². The van der Waals surface area contributed by atoms with Gasteiger partial charge in [0.2, 0.25) is 15.0 Å². The zero-order chi connectivity index (χ0) is 11.9. The fourth-order valence-corrected chi connectivity index (χ4v) is 2.73. The minimum absolute atomic E-state index is 0.0147. The van der Waals surface area contributed by atoms with E-state index in [4.69, 9.17) is 10.7 Å². The largest absolute Gasteiger partial charge is 0.315 e. The average molecular weight is 260 g/mol. The fourth-order valence-electron chi connectivity index (χ4n) is 1.78. The number of anilines is 1. The number of carbonyl (C=O) groups is 1. The van der Waals surface area contributed by atoms with Gasteiger partial charge in [0.15, 0.2) is 0 Å². The Morgan fingerprint density at radius 1 is 1.44 bits per heavy atom. The van der Waals surface area contributed by atoms with Gasteiger partial charge in [0.05, 0.1) is 12.2 Å². The van der Waals surface area contributed by atoms with Crippen molar-refractivity contribution >= 4 is 31.3 Å². The summed E-state index contributed by atoms with van der Waals surface area (Å²) < 4.78 is 21.9. The molecule has 1 aromatic carbocycles. The third-order valence-electron chi connectivity index (χ3n) is 2.57. The van der Waals surface area contributed by atoms with E-state index in [1.807, 2.05) is 0 Å². The van der Waals surface area contributed by atoms with Gasteiger partial charge in [-0.25, -0.2) is 8.42 Å². The Morgan fingerprint density at radius 2 is 2.12 bits per heavy atom. The fraction of sp³-hybridized carbons (Fsp3) is 0.300. The van der Waals surface area contributed by atoms with Gasteiger partial charge in [0.25, 0.3) is 0 Å². The summed E-state index contributed by atoms with van der Waals surface area (Å²) in [7, 11) is 3.29. The Kier molecular flexibility index (Phi) is 2.67. The normalized spacial score (nSPS) is 15.4. The Labute approximate surface area is 98.2 Å². The van der Waals surface area contributed by atoms with Gasteiger partial charge in [-0.3, -0.25) is 4.79 Å². The van der Waals surface area contributed by atoms with Crippen LogP contribution in [0, 0.1) is 0 Å². The number of amides is 1. The van der Waals surface area contributed by atoms with Crippen molar-refractivity contribution in [2.45, 2.75) is 12.2 Å². The average Bonchev–Trinajstić information content (AvgIpc) is 2.42. The predicted molar refractivity (Wildman–Crippen MR) is 62.0 cm³/mol. The summed E-state index contributed by atoms with van der Waals surface area (Å²) in [5.74, 6) is -0.204. The Balaban J connectivity index is 2.38. The van der Waals surface area contributed by atoms with E-state index in [0.717, 1.165) is 11.3 Å². The van der Waals surface area contributed by atoms with Crippen LogP contribution in [0.3, 0.4) is 0 Å². The van der Waals surface area contributed by atoms with E-state index >= 15 is 0 Å². The number of likely N-dealkylation sites (N-methyl/N-ethyl adjacent to an activating group) is 1. The zero-order valence-electron chi connectivity index (χ0n) is 8.60. The number of benzene rings is 1. The molecule has 2 rings (SSSR count). The molecule has 0 saturated carbocycles. The van der Waals surface area contributed by atoms with Crippen LogP contribution in [0.5, 0.6) is 0 Å². The van der Waals surface area contributed by atoms with E-state index in [-0.39, 0.29) is 11.7 Å². The molecule has 0 aromatic heterocycles. The molecule has 0 bridgehead atoms. The second-order valence-electron chi connectivity index (χ2n) is 3.78. The van der Waals surface area contributed by atoms with Crippen LogP contribution in [0.15, 0.2) is 18.2 Å². The molecule has 16 heavy (non-hydrogen) atoms. The quantitative estimate of drug-likeness (QED) is 0.752. The molecule has 1 aliphatic heterocycles. The first-order valence-electron chi connectivity index (χ1n) is 4.67. The number of nitrogens with zero attached hydrogens (tertiary/aromatic N) is 1. The van der Waals surface area contributed by atoms with Crippen molar-refractivity contribution < 1.29 is 13.2 Å². The van der Waals surface area contributed by atoms with Gasteiger partial charge in [0, 0.05) is 23.4 Å². The Bertz CT molecular complexity index is 553. The molecule has 0 atom stereocenters. The first kappa shape index (κ1) is 11.4. The van der Waals surface area contributed by atoms with E-state index in [9.17, 15) is 13.2 Å². The van der Waals surface area contributed by atoms with E-state index in [2.05, 4.69) is 0 Å². The molecule has 0 saturated heterocycles. The summed E-state index contributed by atoms with van der Waals surface area (Å²) in [6, 6.07) is 5.15. The van der Waals surface area contributed by atoms with Gasteiger partial charge in [-0.1, -0.05) is 12.1 Å². The van der Waals surface area contributed by atoms with E-state index < -0.39 is 9.05 Å². The molecule has 6 heteroatoms. The van der Waals surface area contributed by atoms with Crippen LogP contribution in [0.2, 0.25) is 0 Å². The van der Waals surface area contributed by atoms with Crippen molar-refractivity contribution in [2.24, 2.45) is 0 Å². The second-order valence-corrected chi connectivity index (χ2v) is 6.55. The minimum atomic E-state index is -3.56. The molecule has 0 fully saturated rings. The SMILES string of the molecule is CN1C(=O)Cc2ccc(CS(=O)(=O)Cl)cc21. The number of hydrogen-bond acceptors (Lipinski definition) is 3. The van der Waals surface area contributed by atoms with Gasteiger partial charge in [-0.05, 0) is 17.2 Å². The predicted octanol–water partition coefficient (Wildman–Crippen LogP) is 1.27. The van der Waals surface area contributed by atoms with Gasteiger partial charge < -0.3 is 4.90 Å². The minimum Gasteiger partial charge on any atom is -0.315 e. The number of fused-ring (bicyclic) bond motifs is 1. The Morgan fingerprint density at radius 3 is 2.75 bits per heavy atom. The van der Waals surface area contributed by atoms with Gasteiger partial charge >= 0.3 is 0 Å². The van der Waals surface area contributed by atoms with Crippen molar-refractivity contribution in [1.82, 2.24) is 0 Å². The smallest absolute Gasteiger partial charge is 0.236 e. The molecule has 1 aromatic rings. The monoisotopic (exact) mass is 259 g/mol. The maximum absolute atomic E-state index is 11.4. The molecule has 0 spiro atoms. The van der Waals surface area contributed by atoms with Crippen molar-refractivity contribution in [3.05, 3.63) is 29.3 Å². The van der Waals surface area contributed by atoms with Crippen molar-refractivity contribution in [3.8, 4) is 0 Å². The lowest BCUT2D eigenvalue weighted by atomic mass is 10.1. The molecule has 4 nitrogen and oxygen atoms in total. The number of rotatable bonds is 2. The van der Waals surface area contributed by atoms with Crippen LogP contribution < -0.4 is 4.90 Å². The molecule has 86 valence electrons. The molecule has 0 aliphatic carbocycles. The maximum Gasteiger partial charge on any atom is 0.236 e. The molecule has 0 unspecified atom stereocenters. The van der Waals surface area contributed by atoms with Crippen LogP contribution in [-0.2, 0) is 26.0 Å². The summed E-state index contributed by atoms with van der Waals surface area (Å²) >= 11 is 0. The maximum atomic E-state index is 11.4. The topological polar surface area (TPSA) is 54.5 Å². The lowest BCUT2D eigenvalue weighted by Crippen LogP contribution is -2.20. The third kappa shape index (κ3) is 2.20. The Hall–Kier alpha value is -1.07. The zero-order valence-corrected chi connectivity index (χ0v) is 10.2. The molecular formula is C10H10ClNO3S. The second kappa shape index (κ2) is 3.75. The molecular weight excluding hydrogens is 250 g/mol. The first-order valence-corrected chi connectivity index (χ1v) is 7.15. The number of hydrogen-bond donors (Lipinski definition) is 0. The molecule has 1 amide bonds. The van der Waals surface area contributed by atoms with Crippen molar-refractivity contribution in [1.29, 1.82) is 0 Å². The highest BCUT2D eigenvalue weighted by Crippen LogP contribution is 2.29. The summed E-state index contributed by atoms with van der Waals surface area (Å²) in [6.45, 7) is 0. The highest BCUT2D eigenvalue weighted by Gasteiger charge is 2.24. The number of carbonyl (C=O) groups excluding carboxylic acids is 1. The molecule has 0 radical (unpaired) electrons. The van der Waals surface area contributed by atoms with Crippen LogP contribution in [0.25, 0.3) is 0 Å². The summed E-state index contributed by atoms with van der Waals surface area (Å²) in [4.78, 5) is 12.9. The van der Waals surface area contributed by atoms with E-state index in [1.54, 1.807) is 25.2 Å². The molecule has 1 heterocycles. The van der Waals surface area contributed by atoms with Crippen molar-refractivity contribution in [3.63, 3.8) is 0 Å². The van der Waals surface area contributed by atoms with Gasteiger partial charge in [0.1, 0.15) is 0 Å². The van der Waals surface area contributed by atoms with Crippen LogP contribution >= 0.6 is 10.7 Å². The van der Waals surface area contributed by atoms with Crippen LogP contribution in [0.1, 0.15) is 11.1 Å². The van der Waals surface area contributed by atoms with E-state index in [1.165, 1.54) is 4.90 Å².